The van der Waals surface area contributed by atoms with Crippen molar-refractivity contribution in [2.24, 2.45) is 0 Å². The molecule has 0 aromatic carbocycles. The quantitative estimate of drug-likeness (QED) is 0.496. The average Bonchev–Trinajstić information content (AvgIpc) is 1.97. The molecular weight excluding hydrogens is 130 g/mol. The smallest absolute Gasteiger partial charge is 0.0487 e. The molecule has 1 radical (unpaired) electrons. The molecule has 10 heavy (non-hydrogen) atoms. The van der Waals surface area contributed by atoms with Crippen molar-refractivity contribution in [1.29, 1.82) is 0 Å². The van der Waals surface area contributed by atoms with Crippen LogP contribution < -0.4 is 5.73 Å². The highest BCUT2D eigenvalue weighted by Gasteiger charge is 1.86. The van der Waals surface area contributed by atoms with E-state index in [0.717, 1.165) is 26.1 Å². The van der Waals surface area contributed by atoms with Crippen LogP contribution in [-0.4, -0.2) is 33.5 Å². The fourth-order valence-corrected chi connectivity index (χ4v) is 0.582. The van der Waals surface area contributed by atoms with E-state index in [4.69, 9.17) is 15.2 Å². The van der Waals surface area contributed by atoms with Crippen LogP contribution in [0, 0.1) is 0 Å². The molecule has 1 N–H and O–H groups in total. The highest BCUT2D eigenvalue weighted by Crippen LogP contribution is 1.85. The summed E-state index contributed by atoms with van der Waals surface area (Å²) < 4.78 is 10.0. The minimum absolute atomic E-state index is 0.463. The Bertz CT molecular complexity index is 51.6. The zero-order valence-electron chi connectivity index (χ0n) is 6.56. The van der Waals surface area contributed by atoms with E-state index in [1.807, 2.05) is 0 Å². The molecule has 0 aromatic heterocycles. The van der Waals surface area contributed by atoms with E-state index in [1.165, 1.54) is 0 Å². The summed E-state index contributed by atoms with van der Waals surface area (Å²) in [6.45, 7) is 2.70. The van der Waals surface area contributed by atoms with Crippen LogP contribution in [0.5, 0.6) is 0 Å². The lowest BCUT2D eigenvalue weighted by atomic mass is 10.4. The van der Waals surface area contributed by atoms with E-state index in [-0.39, 0.29) is 0 Å². The van der Waals surface area contributed by atoms with Crippen LogP contribution in [0.3, 0.4) is 0 Å². The fraction of sp³-hybridized carbons (Fsp3) is 1.00. The first-order valence-electron chi connectivity index (χ1n) is 3.63. The molecule has 0 fully saturated rings. The molecule has 0 aliphatic rings. The first-order valence-corrected chi connectivity index (χ1v) is 3.63. The minimum atomic E-state index is 0.463. The number of nitrogens with one attached hydrogen (secondary N) is 1. The third-order valence-corrected chi connectivity index (χ3v) is 1.10. The Balaban J connectivity index is 2.65. The van der Waals surface area contributed by atoms with E-state index in [1.54, 1.807) is 7.11 Å². The molecule has 0 aliphatic heterocycles. The summed E-state index contributed by atoms with van der Waals surface area (Å²) in [5.74, 6) is 0. The summed E-state index contributed by atoms with van der Waals surface area (Å²) in [7, 11) is 1.68. The Kier molecular flexibility index (Phi) is 8.77. The maximum Gasteiger partial charge on any atom is 0.0487 e. The van der Waals surface area contributed by atoms with Crippen molar-refractivity contribution in [3.05, 3.63) is 0 Å². The number of hydrogen-bond donors (Lipinski definition) is 0. The van der Waals surface area contributed by atoms with Crippen molar-refractivity contribution in [2.75, 3.05) is 33.5 Å². The summed E-state index contributed by atoms with van der Waals surface area (Å²) in [5, 5.41) is 0. The van der Waals surface area contributed by atoms with Crippen molar-refractivity contribution in [3.8, 4) is 0 Å². The van der Waals surface area contributed by atoms with Gasteiger partial charge >= 0.3 is 0 Å². The van der Waals surface area contributed by atoms with Gasteiger partial charge in [-0.3, -0.25) is 5.73 Å². The summed E-state index contributed by atoms with van der Waals surface area (Å²) in [5.41, 5.74) is 6.81. The van der Waals surface area contributed by atoms with Gasteiger partial charge in [-0.05, 0) is 12.8 Å². The molecule has 0 saturated carbocycles. The van der Waals surface area contributed by atoms with Gasteiger partial charge in [-0.2, -0.15) is 0 Å². The maximum absolute atomic E-state index is 6.81. The van der Waals surface area contributed by atoms with Crippen LogP contribution in [0.4, 0.5) is 0 Å². The second-order valence-corrected chi connectivity index (χ2v) is 2.06. The predicted molar refractivity (Wildman–Crippen MR) is 39.9 cm³/mol. The highest BCUT2D eigenvalue weighted by molar-refractivity contribution is 4.36. The molecule has 0 atom stereocenters. The van der Waals surface area contributed by atoms with E-state index < -0.39 is 0 Å². The van der Waals surface area contributed by atoms with Crippen molar-refractivity contribution in [1.82, 2.24) is 5.73 Å². The lowest BCUT2D eigenvalue weighted by Crippen LogP contribution is -2.02. The third-order valence-electron chi connectivity index (χ3n) is 1.10. The van der Waals surface area contributed by atoms with Gasteiger partial charge in [0.1, 0.15) is 0 Å². The van der Waals surface area contributed by atoms with Crippen LogP contribution in [0.2, 0.25) is 0 Å². The summed E-state index contributed by atoms with van der Waals surface area (Å²) in [6, 6.07) is 0. The number of ether oxygens (including phenoxy) is 2. The Morgan fingerprint density at radius 3 is 2.40 bits per heavy atom. The van der Waals surface area contributed by atoms with Gasteiger partial charge in [-0.25, -0.2) is 0 Å². The second kappa shape index (κ2) is 8.88. The largest absolute Gasteiger partial charge is 0.385 e. The van der Waals surface area contributed by atoms with Gasteiger partial charge in [0.2, 0.25) is 0 Å². The molecule has 0 spiro atoms. The maximum atomic E-state index is 6.81. The summed E-state index contributed by atoms with van der Waals surface area (Å²) in [6.07, 6.45) is 1.79. The van der Waals surface area contributed by atoms with E-state index in [2.05, 4.69) is 0 Å². The molecule has 0 saturated heterocycles. The highest BCUT2D eigenvalue weighted by atomic mass is 16.5. The normalized spacial score (nSPS) is 10.2. The first kappa shape index (κ1) is 9.88. The van der Waals surface area contributed by atoms with Crippen LogP contribution in [0.25, 0.3) is 0 Å². The van der Waals surface area contributed by atoms with Gasteiger partial charge in [0.25, 0.3) is 0 Å². The molecule has 3 nitrogen and oxygen atoms in total. The monoisotopic (exact) mass is 146 g/mol. The minimum Gasteiger partial charge on any atom is -0.385 e. The lowest BCUT2D eigenvalue weighted by molar-refractivity contribution is 0.102. The van der Waals surface area contributed by atoms with Gasteiger partial charge in [0.15, 0.2) is 0 Å². The number of hydrogen-bond acceptors (Lipinski definition) is 2. The first-order chi connectivity index (χ1) is 4.91. The van der Waals surface area contributed by atoms with Gasteiger partial charge in [0.05, 0.1) is 0 Å². The second-order valence-electron chi connectivity index (χ2n) is 2.06. The van der Waals surface area contributed by atoms with Crippen molar-refractivity contribution in [3.63, 3.8) is 0 Å². The summed E-state index contributed by atoms with van der Waals surface area (Å²) >= 11 is 0. The molecule has 0 bridgehead atoms. The number of rotatable bonds is 7. The Hall–Kier alpha value is -0.120. The lowest BCUT2D eigenvalue weighted by Gasteiger charge is -2.01. The molecular formula is C7H16NO2. The summed E-state index contributed by atoms with van der Waals surface area (Å²) in [4.78, 5) is 0. The van der Waals surface area contributed by atoms with E-state index in [0.29, 0.717) is 13.2 Å². The van der Waals surface area contributed by atoms with E-state index in [9.17, 15) is 0 Å². The van der Waals surface area contributed by atoms with Crippen molar-refractivity contribution < 1.29 is 9.47 Å². The van der Waals surface area contributed by atoms with Crippen molar-refractivity contribution in [2.45, 2.75) is 12.8 Å². The van der Waals surface area contributed by atoms with Crippen LogP contribution >= 0.6 is 0 Å². The van der Waals surface area contributed by atoms with Gasteiger partial charge < -0.3 is 9.47 Å². The predicted octanol–water partition coefficient (Wildman–Crippen LogP) is 0.712. The topological polar surface area (TPSA) is 42.3 Å². The Morgan fingerprint density at radius 2 is 1.80 bits per heavy atom. The van der Waals surface area contributed by atoms with Gasteiger partial charge in [-0.1, -0.05) is 0 Å². The SMILES string of the molecule is COCCCOCCC[NH]. The average molecular weight is 146 g/mol. The van der Waals surface area contributed by atoms with Gasteiger partial charge in [0, 0.05) is 33.5 Å². The molecule has 0 aliphatic carbocycles. The standard InChI is InChI=1S/C7H16NO2/c1-9-5-3-7-10-6-2-4-8/h8H,2-7H2,1H3. The fourth-order valence-electron chi connectivity index (χ4n) is 0.582. The molecule has 0 rings (SSSR count). The number of methoxy groups -OCH3 is 1. The Morgan fingerprint density at radius 1 is 1.10 bits per heavy atom. The zero-order valence-corrected chi connectivity index (χ0v) is 6.56. The molecule has 61 valence electrons. The van der Waals surface area contributed by atoms with Crippen molar-refractivity contribution >= 4 is 0 Å². The Labute approximate surface area is 62.5 Å². The third kappa shape index (κ3) is 7.88. The van der Waals surface area contributed by atoms with Crippen LogP contribution in [0.1, 0.15) is 12.8 Å². The van der Waals surface area contributed by atoms with Gasteiger partial charge in [-0.15, -0.1) is 0 Å². The van der Waals surface area contributed by atoms with Crippen LogP contribution in [-0.2, 0) is 9.47 Å². The van der Waals surface area contributed by atoms with Crippen LogP contribution in [0.15, 0.2) is 0 Å². The molecule has 0 heterocycles. The molecule has 0 aromatic rings. The zero-order chi connectivity index (χ0) is 7.66. The van der Waals surface area contributed by atoms with E-state index >= 15 is 0 Å². The molecule has 0 amide bonds. The molecule has 0 unspecified atom stereocenters. The molecule has 3 heteroatoms.